The molecule has 3 aliphatic heterocycles. The number of nitrogens with zero attached hydrogens (tertiary/aromatic N) is 4. The third-order valence-electron chi connectivity index (χ3n) is 8.74. The van der Waals surface area contributed by atoms with Crippen LogP contribution in [-0.2, 0) is 38.2 Å². The number of halogens is 1. The maximum atomic E-state index is 14.8. The number of fused-ring (bicyclic) bond motifs is 1. The monoisotopic (exact) mass is 687 g/mol. The van der Waals surface area contributed by atoms with Crippen LogP contribution in [0.2, 0.25) is 0 Å². The highest BCUT2D eigenvalue weighted by atomic mass is 19.1. The molecule has 0 bridgehead atoms. The smallest absolute Gasteiger partial charge is 0.303 e. The van der Waals surface area contributed by atoms with Crippen LogP contribution >= 0.6 is 0 Å². The second kappa shape index (κ2) is 13.3. The van der Waals surface area contributed by atoms with Crippen molar-refractivity contribution in [2.24, 2.45) is 0 Å². The van der Waals surface area contributed by atoms with Crippen molar-refractivity contribution < 1.29 is 51.9 Å². The van der Waals surface area contributed by atoms with Gasteiger partial charge in [-0.3, -0.25) is 28.8 Å². The molecule has 3 aromatic rings. The number of anilines is 3. The van der Waals surface area contributed by atoms with Crippen LogP contribution in [0, 0.1) is 5.82 Å². The number of morpholine rings is 2. The summed E-state index contributed by atoms with van der Waals surface area (Å²) < 4.78 is 36.4. The number of amides is 5. The van der Waals surface area contributed by atoms with Gasteiger partial charge in [-0.05, 0) is 43.2 Å². The molecule has 2 atom stereocenters. The molecule has 4 heterocycles. The molecule has 0 saturated carbocycles. The molecule has 15 nitrogen and oxygen atoms in total. The fraction of sp³-hybridized carbons (Fsp3) is 0.324. The molecule has 258 valence electrons. The Balaban J connectivity index is 1.09. The highest BCUT2D eigenvalue weighted by molar-refractivity contribution is 6.35. The first-order valence-electron chi connectivity index (χ1n) is 15.9. The largest absolute Gasteiger partial charge is 0.449 e. The zero-order valence-electron chi connectivity index (χ0n) is 26.7. The molecule has 16 heteroatoms. The Bertz CT molecular complexity index is 2020. The number of aromatic nitrogens is 1. The normalized spacial score (nSPS) is 20.0. The number of hydrogen-bond donors (Lipinski definition) is 1. The number of nitrogens with one attached hydrogen (secondary N) is 1. The fourth-order valence-corrected chi connectivity index (χ4v) is 6.30. The number of imide groups is 1. The second-order valence-electron chi connectivity index (χ2n) is 11.9. The lowest BCUT2D eigenvalue weighted by atomic mass is 10.00. The van der Waals surface area contributed by atoms with Gasteiger partial charge in [0.15, 0.2) is 17.5 Å². The van der Waals surface area contributed by atoms with E-state index in [2.05, 4.69) is 10.5 Å². The number of rotatable bonds is 7. The van der Waals surface area contributed by atoms with Gasteiger partial charge in [0.1, 0.15) is 5.82 Å². The quantitative estimate of drug-likeness (QED) is 0.285. The molecule has 0 radical (unpaired) electrons. The lowest BCUT2D eigenvalue weighted by Gasteiger charge is -2.35. The maximum Gasteiger partial charge on any atom is 0.303 e. The zero-order valence-corrected chi connectivity index (χ0v) is 26.7. The molecule has 0 spiro atoms. The highest BCUT2D eigenvalue weighted by Crippen LogP contribution is 2.36. The number of hydrogen-bond acceptors (Lipinski definition) is 11. The summed E-state index contributed by atoms with van der Waals surface area (Å²) in [6, 6.07) is 8.04. The summed E-state index contributed by atoms with van der Waals surface area (Å²) in [7, 11) is 0. The van der Waals surface area contributed by atoms with Gasteiger partial charge in [0.05, 0.1) is 30.8 Å². The Labute approximate surface area is 283 Å². The lowest BCUT2D eigenvalue weighted by molar-refractivity contribution is -0.167. The first kappa shape index (κ1) is 32.8. The van der Waals surface area contributed by atoms with Gasteiger partial charge in [-0.2, -0.15) is 0 Å². The van der Waals surface area contributed by atoms with E-state index in [9.17, 15) is 33.2 Å². The predicted molar refractivity (Wildman–Crippen MR) is 171 cm³/mol. The van der Waals surface area contributed by atoms with Crippen LogP contribution in [0.3, 0.4) is 0 Å². The molecule has 7 rings (SSSR count). The Morgan fingerprint density at radius 2 is 1.82 bits per heavy atom. The lowest BCUT2D eigenvalue weighted by Crippen LogP contribution is -2.56. The van der Waals surface area contributed by atoms with E-state index < -0.39 is 53.5 Å². The van der Waals surface area contributed by atoms with E-state index in [-0.39, 0.29) is 41.5 Å². The van der Waals surface area contributed by atoms with Crippen molar-refractivity contribution >= 4 is 63.7 Å². The predicted octanol–water partition coefficient (Wildman–Crippen LogP) is 2.26. The molecule has 2 saturated heterocycles. The summed E-state index contributed by atoms with van der Waals surface area (Å²) >= 11 is 0. The summed E-state index contributed by atoms with van der Waals surface area (Å²) in [5, 5.41) is 6.87. The van der Waals surface area contributed by atoms with Crippen LogP contribution in [0.1, 0.15) is 30.1 Å². The molecule has 1 N–H and O–H groups in total. The Morgan fingerprint density at radius 3 is 2.58 bits per heavy atom. The summed E-state index contributed by atoms with van der Waals surface area (Å²) in [5.74, 6) is -4.81. The van der Waals surface area contributed by atoms with Crippen molar-refractivity contribution in [3.63, 3.8) is 0 Å². The van der Waals surface area contributed by atoms with Crippen molar-refractivity contribution in [3.8, 4) is 0 Å². The molecule has 4 aliphatic rings. The van der Waals surface area contributed by atoms with E-state index in [0.29, 0.717) is 55.7 Å². The van der Waals surface area contributed by atoms with Crippen molar-refractivity contribution in [1.29, 1.82) is 0 Å². The van der Waals surface area contributed by atoms with Crippen LogP contribution in [0.4, 0.5) is 21.6 Å². The standard InChI is InChI=1S/C34H30FN5O10/c1-18(41)49-27(28-34(46)39(12-15-48-28)20-7-9-25(35)24(17-20)31(43)38-10-13-47-14-11-38)30(42)36-19-6-8-23-26(16-19)50-37-29(23)40-32(44)21-4-2-3-5-22(21)33(40)45/h2,4,6-9,16-17,27-28H,3,5,10-15H2,1H3,(H,36,42)/t27-,28-/m1/s1. The Hall–Kier alpha value is -5.74. The van der Waals surface area contributed by atoms with Gasteiger partial charge < -0.3 is 33.9 Å². The zero-order chi connectivity index (χ0) is 35.1. The maximum absolute atomic E-state index is 14.8. The van der Waals surface area contributed by atoms with Gasteiger partial charge >= 0.3 is 5.97 Å². The summed E-state index contributed by atoms with van der Waals surface area (Å²) in [6.45, 7) is 2.24. The fourth-order valence-electron chi connectivity index (χ4n) is 6.30. The summed E-state index contributed by atoms with van der Waals surface area (Å²) in [6.07, 6.45) is 1.19. The first-order chi connectivity index (χ1) is 24.1. The molecule has 0 unspecified atom stereocenters. The Kier molecular flexibility index (Phi) is 8.71. The number of allylic oxidation sites excluding steroid dienone is 1. The first-order valence-corrected chi connectivity index (χ1v) is 15.9. The molecule has 2 aromatic carbocycles. The number of esters is 1. The molecule has 50 heavy (non-hydrogen) atoms. The van der Waals surface area contributed by atoms with Crippen LogP contribution in [0.5, 0.6) is 0 Å². The van der Waals surface area contributed by atoms with E-state index in [1.807, 2.05) is 6.08 Å². The van der Waals surface area contributed by atoms with Crippen LogP contribution < -0.4 is 15.1 Å². The van der Waals surface area contributed by atoms with Gasteiger partial charge in [0.25, 0.3) is 29.5 Å². The number of benzene rings is 2. The van der Waals surface area contributed by atoms with E-state index in [1.54, 1.807) is 6.08 Å². The average molecular weight is 688 g/mol. The van der Waals surface area contributed by atoms with E-state index in [0.717, 1.165) is 17.9 Å². The molecule has 2 fully saturated rings. The molecule has 1 aromatic heterocycles. The van der Waals surface area contributed by atoms with E-state index in [4.69, 9.17) is 18.7 Å². The third kappa shape index (κ3) is 5.92. The van der Waals surface area contributed by atoms with Crippen LogP contribution in [0.25, 0.3) is 11.0 Å². The number of carbonyl (C=O) groups excluding carboxylic acids is 6. The topological polar surface area (TPSA) is 178 Å². The minimum absolute atomic E-state index is 0.00496. The van der Waals surface area contributed by atoms with Gasteiger partial charge in [-0.15, -0.1) is 0 Å². The van der Waals surface area contributed by atoms with Crippen molar-refractivity contribution in [3.05, 3.63) is 71.1 Å². The average Bonchev–Trinajstić information content (AvgIpc) is 3.64. The molecular formula is C34H30FN5O10. The van der Waals surface area contributed by atoms with Gasteiger partial charge in [-0.1, -0.05) is 17.3 Å². The highest BCUT2D eigenvalue weighted by Gasteiger charge is 2.44. The van der Waals surface area contributed by atoms with Gasteiger partial charge in [-0.25, -0.2) is 9.29 Å². The Morgan fingerprint density at radius 1 is 1.02 bits per heavy atom. The molecular weight excluding hydrogens is 657 g/mol. The number of carbonyl (C=O) groups is 6. The third-order valence-corrected chi connectivity index (χ3v) is 8.74. The van der Waals surface area contributed by atoms with Crippen molar-refractivity contribution in [2.45, 2.75) is 32.0 Å². The molecule has 5 amide bonds. The van der Waals surface area contributed by atoms with E-state index >= 15 is 0 Å². The van der Waals surface area contributed by atoms with Gasteiger partial charge in [0.2, 0.25) is 6.10 Å². The summed E-state index contributed by atoms with van der Waals surface area (Å²) in [4.78, 5) is 82.2. The molecule has 1 aliphatic carbocycles. The van der Waals surface area contributed by atoms with Crippen LogP contribution in [0.15, 0.2) is 64.2 Å². The second-order valence-corrected chi connectivity index (χ2v) is 11.9. The van der Waals surface area contributed by atoms with Crippen molar-refractivity contribution in [1.82, 2.24) is 10.1 Å². The minimum atomic E-state index is -1.75. The summed E-state index contributed by atoms with van der Waals surface area (Å²) in [5.41, 5.74) is 0.985. The van der Waals surface area contributed by atoms with Crippen molar-refractivity contribution in [2.75, 3.05) is 54.6 Å². The SMILES string of the molecule is CC(=O)O[C@@H](C(=O)Nc1ccc2c(N3C(=O)C4=C(CCC=C4)C3=O)noc2c1)[C@H]1OCCN(c2ccc(F)c(C(=O)N3CCOCC3)c2)C1=O. The van der Waals surface area contributed by atoms with E-state index in [1.165, 1.54) is 40.1 Å². The van der Waals surface area contributed by atoms with Gasteiger partial charge in [0, 0.05) is 55.1 Å². The minimum Gasteiger partial charge on any atom is -0.449 e. The number of ether oxygens (including phenoxy) is 3. The van der Waals surface area contributed by atoms with Crippen LogP contribution in [-0.4, -0.2) is 97.2 Å².